The van der Waals surface area contributed by atoms with Gasteiger partial charge >= 0.3 is 12.6 Å². The summed E-state index contributed by atoms with van der Waals surface area (Å²) in [7, 11) is 0. The van der Waals surface area contributed by atoms with E-state index in [9.17, 15) is 18.4 Å². The average Bonchev–Trinajstić information content (AvgIpc) is 2.74. The SMILES string of the molecule is O=C1NC2(CCCCC2)C(=O)N1Cc1ccccc1OC(F)F. The van der Waals surface area contributed by atoms with Crippen LogP contribution >= 0.6 is 0 Å². The van der Waals surface area contributed by atoms with Crippen molar-refractivity contribution in [3.8, 4) is 5.75 Å². The molecule has 0 unspecified atom stereocenters. The van der Waals surface area contributed by atoms with E-state index in [1.165, 1.54) is 6.07 Å². The number of ether oxygens (including phenoxy) is 1. The van der Waals surface area contributed by atoms with Gasteiger partial charge in [0, 0.05) is 5.56 Å². The van der Waals surface area contributed by atoms with E-state index < -0.39 is 18.2 Å². The normalized spacial score (nSPS) is 20.2. The van der Waals surface area contributed by atoms with Crippen molar-refractivity contribution in [1.29, 1.82) is 0 Å². The van der Waals surface area contributed by atoms with Crippen molar-refractivity contribution in [3.05, 3.63) is 29.8 Å². The minimum absolute atomic E-state index is 0.0207. The molecule has 0 bridgehead atoms. The van der Waals surface area contributed by atoms with E-state index in [-0.39, 0.29) is 18.2 Å². The Morgan fingerprint density at radius 1 is 1.17 bits per heavy atom. The van der Waals surface area contributed by atoms with E-state index in [4.69, 9.17) is 0 Å². The van der Waals surface area contributed by atoms with Crippen molar-refractivity contribution in [1.82, 2.24) is 10.2 Å². The number of nitrogens with one attached hydrogen (secondary N) is 1. The highest BCUT2D eigenvalue weighted by Gasteiger charge is 2.51. The second-order valence-corrected chi connectivity index (χ2v) is 5.95. The Bertz CT molecular complexity index is 615. The predicted molar refractivity (Wildman–Crippen MR) is 78.0 cm³/mol. The maximum atomic E-state index is 12.7. The van der Waals surface area contributed by atoms with Crippen LogP contribution < -0.4 is 10.1 Å². The van der Waals surface area contributed by atoms with E-state index in [0.29, 0.717) is 18.4 Å². The molecule has 1 aliphatic carbocycles. The van der Waals surface area contributed by atoms with Gasteiger partial charge in [0.1, 0.15) is 11.3 Å². The van der Waals surface area contributed by atoms with Crippen LogP contribution in [0.15, 0.2) is 24.3 Å². The quantitative estimate of drug-likeness (QED) is 0.866. The molecule has 1 saturated heterocycles. The first-order chi connectivity index (χ1) is 11.0. The van der Waals surface area contributed by atoms with Gasteiger partial charge in [0.15, 0.2) is 0 Å². The summed E-state index contributed by atoms with van der Waals surface area (Å²) >= 11 is 0. The zero-order valence-electron chi connectivity index (χ0n) is 12.6. The molecule has 2 fully saturated rings. The molecule has 1 N–H and O–H groups in total. The number of halogens is 2. The number of rotatable bonds is 4. The molecule has 1 aromatic carbocycles. The number of nitrogens with zero attached hydrogens (tertiary/aromatic N) is 1. The minimum atomic E-state index is -2.95. The Kier molecular flexibility index (Phi) is 4.19. The first-order valence-electron chi connectivity index (χ1n) is 7.69. The van der Waals surface area contributed by atoms with Crippen molar-refractivity contribution < 1.29 is 23.1 Å². The highest BCUT2D eigenvalue weighted by Crippen LogP contribution is 2.35. The van der Waals surface area contributed by atoms with Crippen LogP contribution in [-0.2, 0) is 11.3 Å². The summed E-state index contributed by atoms with van der Waals surface area (Å²) in [5, 5.41) is 2.80. The van der Waals surface area contributed by atoms with Crippen LogP contribution in [0.2, 0.25) is 0 Å². The van der Waals surface area contributed by atoms with Crippen LogP contribution in [0.25, 0.3) is 0 Å². The second-order valence-electron chi connectivity index (χ2n) is 5.95. The molecule has 1 spiro atoms. The lowest BCUT2D eigenvalue weighted by molar-refractivity contribution is -0.132. The van der Waals surface area contributed by atoms with Gasteiger partial charge in [-0.15, -0.1) is 0 Å². The first kappa shape index (κ1) is 15.7. The lowest BCUT2D eigenvalue weighted by Crippen LogP contribution is -2.48. The summed E-state index contributed by atoms with van der Waals surface area (Å²) in [6, 6.07) is 5.72. The smallest absolute Gasteiger partial charge is 0.387 e. The second kappa shape index (κ2) is 6.14. The van der Waals surface area contributed by atoms with Crippen molar-refractivity contribution in [3.63, 3.8) is 0 Å². The molecule has 2 aliphatic rings. The van der Waals surface area contributed by atoms with Crippen LogP contribution in [0, 0.1) is 0 Å². The molecule has 7 heteroatoms. The van der Waals surface area contributed by atoms with Gasteiger partial charge in [-0.1, -0.05) is 37.5 Å². The third-order valence-electron chi connectivity index (χ3n) is 4.47. The predicted octanol–water partition coefficient (Wildman–Crippen LogP) is 3.04. The van der Waals surface area contributed by atoms with E-state index in [0.717, 1.165) is 24.2 Å². The number of hydrogen-bond donors (Lipinski definition) is 1. The standard InChI is InChI=1S/C16H18F2N2O3/c17-14(18)23-12-7-3-2-6-11(12)10-20-13(21)16(19-15(20)22)8-4-1-5-9-16/h2-3,6-7,14H,1,4-5,8-10H2,(H,19,22). The number of urea groups is 1. The number of carbonyl (C=O) groups excluding carboxylic acids is 2. The van der Waals surface area contributed by atoms with Gasteiger partial charge in [0.05, 0.1) is 6.54 Å². The first-order valence-corrected chi connectivity index (χ1v) is 7.69. The van der Waals surface area contributed by atoms with Gasteiger partial charge in [0.2, 0.25) is 0 Å². The van der Waals surface area contributed by atoms with E-state index in [1.807, 2.05) is 0 Å². The van der Waals surface area contributed by atoms with E-state index in [1.54, 1.807) is 18.2 Å². The zero-order chi connectivity index (χ0) is 16.4. The Morgan fingerprint density at radius 3 is 2.57 bits per heavy atom. The molecule has 1 aliphatic heterocycles. The fourth-order valence-electron chi connectivity index (χ4n) is 3.33. The fraction of sp³-hybridized carbons (Fsp3) is 0.500. The van der Waals surface area contributed by atoms with Crippen LogP contribution in [0.3, 0.4) is 0 Å². The summed E-state index contributed by atoms with van der Waals surface area (Å²) in [6.45, 7) is -3.03. The van der Waals surface area contributed by atoms with Gasteiger partial charge < -0.3 is 10.1 Å². The van der Waals surface area contributed by atoms with E-state index >= 15 is 0 Å². The molecule has 5 nitrogen and oxygen atoms in total. The molecule has 0 atom stereocenters. The molecular formula is C16H18F2N2O3. The number of carbonyl (C=O) groups is 2. The number of benzene rings is 1. The number of hydrogen-bond acceptors (Lipinski definition) is 3. The highest BCUT2D eigenvalue weighted by atomic mass is 19.3. The summed E-state index contributed by atoms with van der Waals surface area (Å²) in [6.07, 6.45) is 4.10. The zero-order valence-corrected chi connectivity index (χ0v) is 12.6. The highest BCUT2D eigenvalue weighted by molar-refractivity contribution is 6.07. The molecule has 3 rings (SSSR count). The third kappa shape index (κ3) is 3.00. The Hall–Kier alpha value is -2.18. The Labute approximate surface area is 132 Å². The topological polar surface area (TPSA) is 58.6 Å². The lowest BCUT2D eigenvalue weighted by atomic mass is 9.82. The largest absolute Gasteiger partial charge is 0.434 e. The van der Waals surface area contributed by atoms with Crippen LogP contribution in [-0.4, -0.2) is 29.0 Å². The molecule has 0 radical (unpaired) electrons. The molecular weight excluding hydrogens is 306 g/mol. The number of para-hydroxylation sites is 1. The van der Waals surface area contributed by atoms with E-state index in [2.05, 4.69) is 10.1 Å². The third-order valence-corrected chi connectivity index (χ3v) is 4.47. The molecule has 0 aromatic heterocycles. The molecule has 3 amide bonds. The maximum Gasteiger partial charge on any atom is 0.387 e. The van der Waals surface area contributed by atoms with Gasteiger partial charge in [-0.25, -0.2) is 4.79 Å². The Balaban J connectivity index is 1.80. The van der Waals surface area contributed by atoms with Gasteiger partial charge in [-0.2, -0.15) is 8.78 Å². The summed E-state index contributed by atoms with van der Waals surface area (Å²) < 4.78 is 29.4. The molecule has 124 valence electrons. The molecule has 23 heavy (non-hydrogen) atoms. The van der Waals surface area contributed by atoms with Gasteiger partial charge in [0.25, 0.3) is 5.91 Å². The fourth-order valence-corrected chi connectivity index (χ4v) is 3.33. The Morgan fingerprint density at radius 2 is 1.87 bits per heavy atom. The maximum absolute atomic E-state index is 12.7. The van der Waals surface area contributed by atoms with Crippen LogP contribution in [0.4, 0.5) is 13.6 Å². The van der Waals surface area contributed by atoms with Gasteiger partial charge in [-0.05, 0) is 18.9 Å². The summed E-state index contributed by atoms with van der Waals surface area (Å²) in [4.78, 5) is 26.0. The average molecular weight is 324 g/mol. The minimum Gasteiger partial charge on any atom is -0.434 e. The van der Waals surface area contributed by atoms with Crippen molar-refractivity contribution >= 4 is 11.9 Å². The van der Waals surface area contributed by atoms with Crippen molar-refractivity contribution in [2.45, 2.75) is 50.8 Å². The number of imide groups is 1. The number of amides is 3. The van der Waals surface area contributed by atoms with Crippen LogP contribution in [0.5, 0.6) is 5.75 Å². The summed E-state index contributed by atoms with van der Waals surface area (Å²) in [5.41, 5.74) is -0.433. The molecule has 1 heterocycles. The monoisotopic (exact) mass is 324 g/mol. The van der Waals surface area contributed by atoms with Crippen LogP contribution in [0.1, 0.15) is 37.7 Å². The molecule has 1 aromatic rings. The summed E-state index contributed by atoms with van der Waals surface area (Å²) in [5.74, 6) is -0.290. The number of alkyl halides is 2. The lowest BCUT2D eigenvalue weighted by Gasteiger charge is -2.30. The van der Waals surface area contributed by atoms with Gasteiger partial charge in [-0.3, -0.25) is 9.69 Å². The van der Waals surface area contributed by atoms with Crippen molar-refractivity contribution in [2.24, 2.45) is 0 Å². The van der Waals surface area contributed by atoms with Crippen molar-refractivity contribution in [2.75, 3.05) is 0 Å². The molecule has 1 saturated carbocycles.